The molecule has 8 heteroatoms. The molecule has 0 amide bonds. The second-order valence-electron chi connectivity index (χ2n) is 5.39. The third-order valence-corrected chi connectivity index (χ3v) is 3.73. The summed E-state index contributed by atoms with van der Waals surface area (Å²) < 4.78 is 16.7. The lowest BCUT2D eigenvalue weighted by Crippen LogP contribution is -2.15. The fraction of sp³-hybridized carbons (Fsp3) is 0.278. The van der Waals surface area contributed by atoms with Gasteiger partial charge in [0.1, 0.15) is 18.1 Å². The summed E-state index contributed by atoms with van der Waals surface area (Å²) in [6, 6.07) is 6.95. The fourth-order valence-electron chi connectivity index (χ4n) is 2.07. The number of hydrogen-bond donors (Lipinski definition) is 1. The average molecular weight is 359 g/mol. The highest BCUT2D eigenvalue weighted by Gasteiger charge is 2.13. The molecule has 0 bridgehead atoms. The molecule has 1 heterocycles. The zero-order chi connectivity index (χ0) is 19.1. The molecule has 0 aliphatic carbocycles. The first-order chi connectivity index (χ1) is 12.4. The van der Waals surface area contributed by atoms with Crippen LogP contribution in [0.2, 0.25) is 0 Å². The minimum atomic E-state index is -0.678. The maximum Gasteiger partial charge on any atom is 0.354 e. The van der Waals surface area contributed by atoms with Gasteiger partial charge in [-0.15, -0.1) is 0 Å². The fourth-order valence-corrected chi connectivity index (χ4v) is 2.07. The number of anilines is 1. The molecule has 2 rings (SSSR count). The van der Waals surface area contributed by atoms with Gasteiger partial charge in [-0.05, 0) is 31.2 Å². The number of carbonyl (C=O) groups excluding carboxylic acids is 2. The van der Waals surface area contributed by atoms with Gasteiger partial charge in [-0.2, -0.15) is 5.10 Å². The lowest BCUT2D eigenvalue weighted by molar-refractivity contribution is -0.138. The van der Waals surface area contributed by atoms with Crippen LogP contribution >= 0.6 is 0 Å². The number of rotatable bonds is 7. The van der Waals surface area contributed by atoms with Gasteiger partial charge in [0.25, 0.3) is 0 Å². The molecule has 1 N–H and O–H groups in total. The number of carbonyl (C=O) groups is 2. The van der Waals surface area contributed by atoms with Crippen molar-refractivity contribution in [3.05, 3.63) is 53.5 Å². The number of nitrogens with zero attached hydrogens (tertiary/aromatic N) is 2. The van der Waals surface area contributed by atoms with Gasteiger partial charge in [0, 0.05) is 24.0 Å². The number of esters is 2. The summed E-state index contributed by atoms with van der Waals surface area (Å²) in [5.41, 5.74) is 2.61. The van der Waals surface area contributed by atoms with Gasteiger partial charge in [0.2, 0.25) is 0 Å². The highest BCUT2D eigenvalue weighted by atomic mass is 16.5. The first-order valence-electron chi connectivity index (χ1n) is 7.80. The van der Waals surface area contributed by atoms with E-state index in [1.54, 1.807) is 35.1 Å². The number of nitrogens with one attached hydrogen (secondary N) is 1. The highest BCUT2D eigenvalue weighted by Crippen LogP contribution is 2.19. The van der Waals surface area contributed by atoms with E-state index in [1.165, 1.54) is 14.2 Å². The first kappa shape index (κ1) is 19.0. The molecule has 0 aliphatic heterocycles. The van der Waals surface area contributed by atoms with Crippen LogP contribution in [0, 0.1) is 6.92 Å². The van der Waals surface area contributed by atoms with Crippen LogP contribution in [0.3, 0.4) is 0 Å². The topological polar surface area (TPSA) is 91.7 Å². The predicted molar refractivity (Wildman–Crippen MR) is 94.5 cm³/mol. The predicted octanol–water partition coefficient (Wildman–Crippen LogP) is 1.95. The summed E-state index contributed by atoms with van der Waals surface area (Å²) in [5, 5.41) is 6.99. The van der Waals surface area contributed by atoms with Gasteiger partial charge >= 0.3 is 11.9 Å². The Hall–Kier alpha value is -3.29. The molecule has 0 saturated heterocycles. The minimum Gasteiger partial charge on any atom is -0.489 e. The van der Waals surface area contributed by atoms with Crippen molar-refractivity contribution >= 4 is 17.6 Å². The van der Waals surface area contributed by atoms with Gasteiger partial charge in [-0.3, -0.25) is 4.68 Å². The van der Waals surface area contributed by atoms with Crippen LogP contribution in [0.1, 0.15) is 11.3 Å². The quantitative estimate of drug-likeness (QED) is 0.597. The van der Waals surface area contributed by atoms with Gasteiger partial charge in [-0.25, -0.2) is 9.59 Å². The van der Waals surface area contributed by atoms with Crippen molar-refractivity contribution in [2.75, 3.05) is 19.5 Å². The minimum absolute atomic E-state index is 0.0287. The van der Waals surface area contributed by atoms with Crippen molar-refractivity contribution in [1.29, 1.82) is 0 Å². The molecular weight excluding hydrogens is 338 g/mol. The molecule has 26 heavy (non-hydrogen) atoms. The zero-order valence-electron chi connectivity index (χ0n) is 15.1. The summed E-state index contributed by atoms with van der Waals surface area (Å²) in [4.78, 5) is 23.1. The first-order valence-corrected chi connectivity index (χ1v) is 7.80. The van der Waals surface area contributed by atoms with E-state index in [0.29, 0.717) is 18.0 Å². The molecule has 0 atom stereocenters. The number of aryl methyl sites for hydroxylation is 1. The smallest absolute Gasteiger partial charge is 0.354 e. The zero-order valence-corrected chi connectivity index (χ0v) is 15.1. The monoisotopic (exact) mass is 359 g/mol. The molecule has 1 aromatic heterocycles. The lowest BCUT2D eigenvalue weighted by Gasteiger charge is -2.10. The van der Waals surface area contributed by atoms with E-state index in [9.17, 15) is 9.59 Å². The van der Waals surface area contributed by atoms with Crippen LogP contribution in [0.5, 0.6) is 5.75 Å². The summed E-state index contributed by atoms with van der Waals surface area (Å²) in [6.07, 6.45) is 2.80. The van der Waals surface area contributed by atoms with E-state index in [4.69, 9.17) is 4.74 Å². The van der Waals surface area contributed by atoms with Crippen molar-refractivity contribution in [3.63, 3.8) is 0 Å². The molecule has 0 unspecified atom stereocenters. The maximum absolute atomic E-state index is 11.7. The van der Waals surface area contributed by atoms with Crippen LogP contribution in [0.4, 0.5) is 5.69 Å². The van der Waals surface area contributed by atoms with E-state index in [1.807, 2.05) is 14.0 Å². The van der Waals surface area contributed by atoms with Crippen LogP contribution < -0.4 is 10.1 Å². The Bertz CT molecular complexity index is 809. The van der Waals surface area contributed by atoms with E-state index >= 15 is 0 Å². The second kappa shape index (κ2) is 8.70. The molecule has 8 nitrogen and oxygen atoms in total. The van der Waals surface area contributed by atoms with Gasteiger partial charge in [0.05, 0.1) is 26.5 Å². The van der Waals surface area contributed by atoms with Gasteiger partial charge in [0.15, 0.2) is 0 Å². The van der Waals surface area contributed by atoms with Crippen molar-refractivity contribution < 1.29 is 23.8 Å². The van der Waals surface area contributed by atoms with E-state index in [0.717, 1.165) is 17.3 Å². The largest absolute Gasteiger partial charge is 0.489 e. The molecule has 0 fully saturated rings. The number of ether oxygens (including phenoxy) is 3. The van der Waals surface area contributed by atoms with Gasteiger partial charge in [-0.1, -0.05) is 0 Å². The third-order valence-electron chi connectivity index (χ3n) is 3.73. The Morgan fingerprint density at radius 2 is 1.88 bits per heavy atom. The number of benzene rings is 1. The SMILES string of the molecule is COC(=O)/C=C(/Nc1ccc(OCc2cnn(C)c2C)cc1)C(=O)OC. The Balaban J connectivity index is 2.03. The number of hydrogen-bond acceptors (Lipinski definition) is 7. The van der Waals surface area contributed by atoms with Crippen LogP contribution in [0.25, 0.3) is 0 Å². The third kappa shape index (κ3) is 4.85. The molecule has 138 valence electrons. The van der Waals surface area contributed by atoms with Crippen molar-refractivity contribution in [3.8, 4) is 5.75 Å². The summed E-state index contributed by atoms with van der Waals surface area (Å²) in [7, 11) is 4.33. The maximum atomic E-state index is 11.7. The van der Waals surface area contributed by atoms with Crippen LogP contribution in [-0.4, -0.2) is 35.9 Å². The Labute approximate surface area is 151 Å². The lowest BCUT2D eigenvalue weighted by atomic mass is 10.2. The highest BCUT2D eigenvalue weighted by molar-refractivity contribution is 5.98. The molecule has 1 aromatic carbocycles. The molecule has 0 radical (unpaired) electrons. The summed E-state index contributed by atoms with van der Waals surface area (Å²) >= 11 is 0. The second-order valence-corrected chi connectivity index (χ2v) is 5.39. The van der Waals surface area contributed by atoms with Crippen molar-refractivity contribution in [1.82, 2.24) is 9.78 Å². The van der Waals surface area contributed by atoms with Crippen LogP contribution in [-0.2, 0) is 32.7 Å². The molecule has 0 aliphatic rings. The molecule has 0 spiro atoms. The molecule has 0 saturated carbocycles. The van der Waals surface area contributed by atoms with Gasteiger partial charge < -0.3 is 19.5 Å². The molecule has 2 aromatic rings. The van der Waals surface area contributed by atoms with Crippen molar-refractivity contribution in [2.45, 2.75) is 13.5 Å². The number of methoxy groups -OCH3 is 2. The van der Waals surface area contributed by atoms with E-state index < -0.39 is 11.9 Å². The summed E-state index contributed by atoms with van der Waals surface area (Å²) in [6.45, 7) is 2.38. The Kier molecular flexibility index (Phi) is 6.37. The van der Waals surface area contributed by atoms with Crippen molar-refractivity contribution in [2.24, 2.45) is 7.05 Å². The standard InChI is InChI=1S/C18H21N3O5/c1-12-13(10-19-21(12)2)11-26-15-7-5-14(6-8-15)20-16(18(23)25-4)9-17(22)24-3/h5-10,20H,11H2,1-4H3/b16-9+. The summed E-state index contributed by atoms with van der Waals surface area (Å²) in [5.74, 6) is -0.678. The average Bonchev–Trinajstić information content (AvgIpc) is 2.98. The van der Waals surface area contributed by atoms with Crippen LogP contribution in [0.15, 0.2) is 42.2 Å². The molecular formula is C18H21N3O5. The normalized spacial score (nSPS) is 11.0. The Morgan fingerprint density at radius 1 is 1.19 bits per heavy atom. The van der Waals surface area contributed by atoms with E-state index in [-0.39, 0.29) is 5.70 Å². The number of aromatic nitrogens is 2. The Morgan fingerprint density at radius 3 is 2.42 bits per heavy atom. The van der Waals surface area contributed by atoms with E-state index in [2.05, 4.69) is 19.9 Å².